The van der Waals surface area contributed by atoms with E-state index < -0.39 is 0 Å². The van der Waals surface area contributed by atoms with Crippen LogP contribution in [0.4, 0.5) is 0 Å². The van der Waals surface area contributed by atoms with Crippen LogP contribution in [0.25, 0.3) is 99.5 Å². The molecule has 0 saturated carbocycles. The van der Waals surface area contributed by atoms with Gasteiger partial charge in [-0.3, -0.25) is 0 Å². The minimum atomic E-state index is 0.0103. The van der Waals surface area contributed by atoms with E-state index in [-0.39, 0.29) is 29.5 Å². The number of hydrogen-bond donors (Lipinski definition) is 0. The number of fused-ring (bicyclic) bond motifs is 5. The zero-order chi connectivity index (χ0) is 37.0. The summed E-state index contributed by atoms with van der Waals surface area (Å²) < 4.78 is 27.7. The summed E-state index contributed by atoms with van der Waals surface area (Å²) >= 11 is 0. The molecule has 0 unspecified atom stereocenters. The Balaban J connectivity index is 1.17. The third-order valence-electron chi connectivity index (χ3n) is 9.83. The van der Waals surface area contributed by atoms with Gasteiger partial charge in [0.2, 0.25) is 0 Å². The summed E-state index contributed by atoms with van der Waals surface area (Å²) in [6.07, 6.45) is 0. The Morgan fingerprint density at radius 3 is 1.69 bits per heavy atom. The van der Waals surface area contributed by atoms with Gasteiger partial charge in [0.1, 0.15) is 0 Å². The molecule has 0 amide bonds. The molecule has 10 aromatic rings. The maximum absolute atomic E-state index is 9.59. The predicted molar refractivity (Wildman–Crippen MR) is 217 cm³/mol. The van der Waals surface area contributed by atoms with Crippen LogP contribution in [-0.2, 0) is 0 Å². The summed E-state index contributed by atoms with van der Waals surface area (Å²) in [4.78, 5) is 15.2. The highest BCUT2D eigenvalue weighted by atomic mass is 15.0. The fourth-order valence-corrected chi connectivity index (χ4v) is 7.26. The lowest BCUT2D eigenvalue weighted by atomic mass is 9.95. The molecule has 10 rings (SSSR count). The fourth-order valence-electron chi connectivity index (χ4n) is 7.26. The van der Waals surface area contributed by atoms with Gasteiger partial charge in [0.25, 0.3) is 0 Å². The van der Waals surface area contributed by atoms with Crippen LogP contribution in [0.5, 0.6) is 0 Å². The molecule has 242 valence electrons. The average Bonchev–Trinajstić information content (AvgIpc) is 3.23. The van der Waals surface area contributed by atoms with Crippen LogP contribution in [0.3, 0.4) is 0 Å². The second-order valence-corrected chi connectivity index (χ2v) is 13.0. The second-order valence-electron chi connectivity index (χ2n) is 13.0. The van der Waals surface area contributed by atoms with Gasteiger partial charge in [-0.2, -0.15) is 0 Å². The molecule has 0 aliphatic rings. The summed E-state index contributed by atoms with van der Waals surface area (Å²) in [7, 11) is 0. The van der Waals surface area contributed by atoms with Crippen LogP contribution in [0.15, 0.2) is 188 Å². The number of aromatic nitrogens is 3. The first-order valence-corrected chi connectivity index (χ1v) is 17.4. The van der Waals surface area contributed by atoms with Crippen LogP contribution >= 0.6 is 0 Å². The van der Waals surface area contributed by atoms with Crippen molar-refractivity contribution in [3.05, 3.63) is 188 Å². The van der Waals surface area contributed by atoms with Crippen molar-refractivity contribution < 1.29 is 4.11 Å². The van der Waals surface area contributed by atoms with Crippen molar-refractivity contribution in [2.45, 2.75) is 0 Å². The first-order valence-electron chi connectivity index (χ1n) is 18.9. The van der Waals surface area contributed by atoms with Gasteiger partial charge in [-0.1, -0.05) is 176 Å². The maximum atomic E-state index is 9.59. The summed E-state index contributed by atoms with van der Waals surface area (Å²) in [5.74, 6) is 1.11. The van der Waals surface area contributed by atoms with Crippen molar-refractivity contribution in [3.63, 3.8) is 0 Å². The molecule has 0 fully saturated rings. The minimum absolute atomic E-state index is 0.0103. The van der Waals surface area contributed by atoms with E-state index in [1.807, 2.05) is 78.9 Å². The number of nitrogens with zero attached hydrogens (tertiary/aromatic N) is 3. The zero-order valence-electron chi connectivity index (χ0n) is 31.0. The minimum Gasteiger partial charge on any atom is -0.208 e. The van der Waals surface area contributed by atoms with Gasteiger partial charge >= 0.3 is 0 Å². The Kier molecular flexibility index (Phi) is 6.41. The average molecular weight is 665 g/mol. The summed E-state index contributed by atoms with van der Waals surface area (Å²) in [6, 6.07) is 57.1. The van der Waals surface area contributed by atoms with Crippen LogP contribution in [0.2, 0.25) is 0 Å². The first-order chi connectivity index (χ1) is 27.0. The molecule has 1 heterocycles. The van der Waals surface area contributed by atoms with Gasteiger partial charge in [-0.15, -0.1) is 0 Å². The van der Waals surface area contributed by atoms with Crippen molar-refractivity contribution in [2.75, 3.05) is 0 Å². The Labute approximate surface area is 305 Å². The molecular weight excluding hydrogens is 631 g/mol. The van der Waals surface area contributed by atoms with E-state index in [1.165, 1.54) is 6.07 Å². The van der Waals surface area contributed by atoms with Crippen LogP contribution in [0, 0.1) is 0 Å². The molecule has 0 N–H and O–H groups in total. The molecule has 0 spiro atoms. The van der Waals surface area contributed by atoms with Crippen molar-refractivity contribution in [3.8, 4) is 56.4 Å². The van der Waals surface area contributed by atoms with Gasteiger partial charge in [-0.25, -0.2) is 15.0 Å². The molecule has 0 atom stereocenters. The lowest BCUT2D eigenvalue weighted by Gasteiger charge is -2.13. The molecule has 0 bridgehead atoms. The highest BCUT2D eigenvalue weighted by Crippen LogP contribution is 2.36. The largest absolute Gasteiger partial charge is 0.208 e. The Morgan fingerprint density at radius 1 is 0.327 bits per heavy atom. The topological polar surface area (TPSA) is 38.7 Å². The van der Waals surface area contributed by atoms with Crippen molar-refractivity contribution in [1.82, 2.24) is 15.0 Å². The smallest absolute Gasteiger partial charge is 0.164 e. The third-order valence-corrected chi connectivity index (χ3v) is 9.83. The van der Waals surface area contributed by atoms with Crippen LogP contribution in [0.1, 0.15) is 4.11 Å². The van der Waals surface area contributed by atoms with E-state index >= 15 is 0 Å². The predicted octanol–water partition coefficient (Wildman–Crippen LogP) is 12.8. The Morgan fingerprint density at radius 2 is 0.865 bits per heavy atom. The van der Waals surface area contributed by atoms with Gasteiger partial charge in [0.15, 0.2) is 17.5 Å². The van der Waals surface area contributed by atoms with E-state index in [1.54, 1.807) is 0 Å². The standard InChI is InChI=1S/C49H31N3/c1-2-13-38-31-41(29-24-32(38)10-1)48-50-47(51-49(52-48)45-21-9-15-37-28-27-35-12-4-6-19-44(35)46(37)45)40-17-7-16-39(30-40)33-22-25-36(26-23-33)43-20-8-14-34-11-3-5-18-42(34)43/h1-31H/i16D,17D,30D. The number of benzene rings is 9. The molecule has 1 aromatic heterocycles. The Hall–Kier alpha value is -6.97. The molecular formula is C49H31N3. The van der Waals surface area contributed by atoms with E-state index in [9.17, 15) is 1.37 Å². The third kappa shape index (κ3) is 5.28. The molecule has 0 aliphatic heterocycles. The lowest BCUT2D eigenvalue weighted by molar-refractivity contribution is 1.08. The quantitative estimate of drug-likeness (QED) is 0.172. The van der Waals surface area contributed by atoms with Crippen LogP contribution < -0.4 is 0 Å². The van der Waals surface area contributed by atoms with E-state index in [0.29, 0.717) is 22.8 Å². The van der Waals surface area contributed by atoms with Crippen molar-refractivity contribution >= 4 is 43.1 Å². The molecule has 0 saturated heterocycles. The van der Waals surface area contributed by atoms with E-state index in [4.69, 9.17) is 17.7 Å². The van der Waals surface area contributed by atoms with Crippen LogP contribution in [-0.4, -0.2) is 15.0 Å². The van der Waals surface area contributed by atoms with E-state index in [0.717, 1.165) is 65.3 Å². The maximum Gasteiger partial charge on any atom is 0.164 e. The molecule has 0 aliphatic carbocycles. The molecule has 3 heteroatoms. The van der Waals surface area contributed by atoms with Crippen molar-refractivity contribution in [2.24, 2.45) is 0 Å². The SMILES string of the molecule is [2H]c1cc([2H])c(-c2nc(-c3ccc4ccccc4c3)nc(-c3cccc4ccc5ccccc5c34)n2)c([2H])c1-c1ccc(-c2cccc3ccccc23)cc1. The van der Waals surface area contributed by atoms with Gasteiger partial charge in [-0.05, 0) is 72.1 Å². The lowest BCUT2D eigenvalue weighted by Crippen LogP contribution is -2.01. The summed E-state index contributed by atoms with van der Waals surface area (Å²) in [5.41, 5.74) is 5.17. The molecule has 9 aromatic carbocycles. The molecule has 3 nitrogen and oxygen atoms in total. The van der Waals surface area contributed by atoms with Gasteiger partial charge < -0.3 is 0 Å². The first kappa shape index (κ1) is 26.8. The highest BCUT2D eigenvalue weighted by molar-refractivity contribution is 6.13. The second kappa shape index (κ2) is 12.4. The highest BCUT2D eigenvalue weighted by Gasteiger charge is 2.16. The fraction of sp³-hybridized carbons (Fsp3) is 0. The summed E-state index contributed by atoms with van der Waals surface area (Å²) in [6.45, 7) is 0. The zero-order valence-corrected chi connectivity index (χ0v) is 28.0. The van der Waals surface area contributed by atoms with Gasteiger partial charge in [0.05, 0.1) is 4.11 Å². The number of rotatable bonds is 5. The summed E-state index contributed by atoms with van der Waals surface area (Å²) in [5, 5.41) is 8.75. The monoisotopic (exact) mass is 664 g/mol. The molecule has 52 heavy (non-hydrogen) atoms. The number of hydrogen-bond acceptors (Lipinski definition) is 3. The van der Waals surface area contributed by atoms with E-state index in [2.05, 4.69) is 84.9 Å². The Bertz CT molecular complexity index is 3130. The van der Waals surface area contributed by atoms with Gasteiger partial charge in [0, 0.05) is 22.1 Å². The molecule has 0 radical (unpaired) electrons. The van der Waals surface area contributed by atoms with Crippen molar-refractivity contribution in [1.29, 1.82) is 0 Å². The normalized spacial score (nSPS) is 12.3.